The molecule has 0 bridgehead atoms. The van der Waals surface area contributed by atoms with Gasteiger partial charge in [0.25, 0.3) is 0 Å². The van der Waals surface area contributed by atoms with Crippen LogP contribution in [0.1, 0.15) is 6.92 Å². The van der Waals surface area contributed by atoms with Crippen LogP contribution in [-0.4, -0.2) is 16.8 Å². The number of hydrogen-bond donors (Lipinski definition) is 1. The molecule has 3 heteroatoms. The van der Waals surface area contributed by atoms with Crippen molar-refractivity contribution in [1.29, 1.82) is 0 Å². The van der Waals surface area contributed by atoms with Gasteiger partial charge in [-0.2, -0.15) is 0 Å². The molecule has 0 aliphatic carbocycles. The van der Waals surface area contributed by atoms with E-state index in [2.05, 4.69) is 12.2 Å². The van der Waals surface area contributed by atoms with Gasteiger partial charge >= 0.3 is 0 Å². The zero-order chi connectivity index (χ0) is 5.70. The first-order valence-electron chi connectivity index (χ1n) is 2.32. The summed E-state index contributed by atoms with van der Waals surface area (Å²) in [7, 11) is 1.02. The highest BCUT2D eigenvalue weighted by molar-refractivity contribution is 6.32. The van der Waals surface area contributed by atoms with Gasteiger partial charge in [-0.25, -0.2) is 0 Å². The van der Waals surface area contributed by atoms with E-state index in [0.29, 0.717) is 0 Å². The molecular formula is C4H10ClNSi. The van der Waals surface area contributed by atoms with Crippen molar-refractivity contribution in [2.24, 2.45) is 0 Å². The van der Waals surface area contributed by atoms with Crippen molar-refractivity contribution < 1.29 is 0 Å². The second kappa shape index (κ2) is 4.21. The second-order valence-corrected chi connectivity index (χ2v) is 2.62. The van der Waals surface area contributed by atoms with Crippen molar-refractivity contribution in [3.8, 4) is 0 Å². The molecule has 0 aliphatic rings. The minimum absolute atomic E-state index is 0.974. The topological polar surface area (TPSA) is 12.0 Å². The van der Waals surface area contributed by atoms with Gasteiger partial charge in [0.2, 0.25) is 0 Å². The lowest BCUT2D eigenvalue weighted by atomic mass is 10.7. The molecule has 0 aromatic carbocycles. The van der Waals surface area contributed by atoms with Crippen molar-refractivity contribution >= 4 is 21.8 Å². The molecule has 0 saturated heterocycles. The molecule has 7 heavy (non-hydrogen) atoms. The summed E-state index contributed by atoms with van der Waals surface area (Å²) in [6.07, 6.45) is 0. The van der Waals surface area contributed by atoms with Gasteiger partial charge < -0.3 is 5.32 Å². The van der Waals surface area contributed by atoms with Gasteiger partial charge in [-0.3, -0.25) is 0 Å². The van der Waals surface area contributed by atoms with E-state index in [1.807, 2.05) is 0 Å². The second-order valence-electron chi connectivity index (χ2n) is 1.32. The largest absolute Gasteiger partial charge is 0.392 e. The van der Waals surface area contributed by atoms with Crippen molar-refractivity contribution in [1.82, 2.24) is 5.32 Å². The quantitative estimate of drug-likeness (QED) is 0.526. The van der Waals surface area contributed by atoms with E-state index in [9.17, 15) is 0 Å². The average molecular weight is 136 g/mol. The molecule has 0 radical (unpaired) electrons. The molecule has 0 unspecified atom stereocenters. The number of halogens is 1. The van der Waals surface area contributed by atoms with Gasteiger partial charge in [0.05, 0.1) is 10.2 Å². The summed E-state index contributed by atoms with van der Waals surface area (Å²) in [5.74, 6) is 0. The van der Waals surface area contributed by atoms with E-state index in [-0.39, 0.29) is 0 Å². The lowest BCUT2D eigenvalue weighted by Crippen LogP contribution is -2.10. The van der Waals surface area contributed by atoms with Crippen molar-refractivity contribution in [2.75, 3.05) is 6.54 Å². The summed E-state index contributed by atoms with van der Waals surface area (Å²) in [5, 5.41) is 4.24. The van der Waals surface area contributed by atoms with Gasteiger partial charge in [0, 0.05) is 12.1 Å². The highest BCUT2D eigenvalue weighted by Gasteiger charge is 1.76. The lowest BCUT2D eigenvalue weighted by Gasteiger charge is -1.97. The third-order valence-electron chi connectivity index (χ3n) is 0.619. The summed E-state index contributed by atoms with van der Waals surface area (Å²) >= 11 is 5.34. The number of rotatable bonds is 2. The van der Waals surface area contributed by atoms with E-state index in [1.165, 1.54) is 0 Å². The van der Waals surface area contributed by atoms with E-state index < -0.39 is 0 Å². The van der Waals surface area contributed by atoms with Crippen LogP contribution < -0.4 is 5.32 Å². The average Bonchev–Trinajstić information content (AvgIpc) is 1.68. The van der Waals surface area contributed by atoms with E-state index >= 15 is 0 Å². The lowest BCUT2D eigenvalue weighted by molar-refractivity contribution is 0.903. The van der Waals surface area contributed by atoms with Gasteiger partial charge in [-0.1, -0.05) is 11.6 Å². The van der Waals surface area contributed by atoms with Crippen LogP contribution in [0.2, 0.25) is 0 Å². The van der Waals surface area contributed by atoms with E-state index in [1.54, 1.807) is 5.54 Å². The van der Waals surface area contributed by atoms with Crippen molar-refractivity contribution in [3.63, 3.8) is 0 Å². The summed E-state index contributed by atoms with van der Waals surface area (Å²) < 4.78 is 0. The maximum absolute atomic E-state index is 5.34. The highest BCUT2D eigenvalue weighted by Crippen LogP contribution is 1.82. The Morgan fingerprint density at radius 1 is 2.00 bits per heavy atom. The Kier molecular flexibility index (Phi) is 4.24. The third-order valence-corrected chi connectivity index (χ3v) is 1.95. The van der Waals surface area contributed by atoms with Crippen LogP contribution in [0.25, 0.3) is 0 Å². The smallest absolute Gasteiger partial charge is 0.0599 e. The highest BCUT2D eigenvalue weighted by atomic mass is 35.5. The molecule has 0 atom stereocenters. The molecule has 0 heterocycles. The summed E-state index contributed by atoms with van der Waals surface area (Å²) in [5.41, 5.74) is 1.59. The molecule has 0 saturated carbocycles. The van der Waals surface area contributed by atoms with Gasteiger partial charge in [-0.15, -0.1) is 0 Å². The first kappa shape index (κ1) is 7.05. The van der Waals surface area contributed by atoms with E-state index in [4.69, 9.17) is 11.6 Å². The summed E-state index contributed by atoms with van der Waals surface area (Å²) in [6, 6.07) is 0. The minimum atomic E-state index is 0.974. The first-order valence-corrected chi connectivity index (χ1v) is 3.75. The Labute approximate surface area is 52.2 Å². The summed E-state index contributed by atoms with van der Waals surface area (Å²) in [4.78, 5) is 0. The first-order chi connectivity index (χ1) is 3.31. The third kappa shape index (κ3) is 3.89. The normalized spacial score (nSPS) is 12.0. The monoisotopic (exact) mass is 135 g/mol. The molecule has 1 N–H and O–H groups in total. The Morgan fingerprint density at radius 3 is 2.71 bits per heavy atom. The van der Waals surface area contributed by atoms with E-state index in [0.717, 1.165) is 22.1 Å². The van der Waals surface area contributed by atoms with Crippen molar-refractivity contribution in [2.45, 2.75) is 6.92 Å². The van der Waals surface area contributed by atoms with Crippen LogP contribution in [0, 0.1) is 0 Å². The molecule has 0 amide bonds. The fourth-order valence-electron chi connectivity index (χ4n) is 0.317. The fourth-order valence-corrected chi connectivity index (χ4v) is 0.748. The zero-order valence-corrected chi connectivity index (χ0v) is 7.42. The van der Waals surface area contributed by atoms with Crippen molar-refractivity contribution in [3.05, 3.63) is 10.9 Å². The maximum atomic E-state index is 5.34. The van der Waals surface area contributed by atoms with Crippen LogP contribution in [0.15, 0.2) is 10.9 Å². The summed E-state index contributed by atoms with van der Waals surface area (Å²) in [6.45, 7) is 3.03. The Bertz CT molecular complexity index is 72.1. The molecule has 0 spiro atoms. The van der Waals surface area contributed by atoms with Crippen LogP contribution >= 0.6 is 11.6 Å². The predicted molar refractivity (Wildman–Crippen MR) is 37.6 cm³/mol. The van der Waals surface area contributed by atoms with Gasteiger partial charge in [0.15, 0.2) is 0 Å². The molecule has 0 aliphatic heterocycles. The molecule has 0 aromatic heterocycles. The van der Waals surface area contributed by atoms with Gasteiger partial charge in [0.1, 0.15) is 0 Å². The minimum Gasteiger partial charge on any atom is -0.392 e. The Balaban J connectivity index is 3.17. The molecule has 1 nitrogen and oxygen atoms in total. The molecule has 0 aromatic rings. The van der Waals surface area contributed by atoms with Gasteiger partial charge in [-0.05, 0) is 12.2 Å². The molecule has 0 rings (SSSR count). The zero-order valence-electron chi connectivity index (χ0n) is 4.66. The molecule has 0 fully saturated rings. The fraction of sp³-hybridized carbons (Fsp3) is 0.500. The van der Waals surface area contributed by atoms with Crippen LogP contribution in [0.3, 0.4) is 0 Å². The standard InChI is InChI=1S/C4H10ClNSi/c1-2-6-4(7)3-5/h3,6H,2H2,1,7H3. The number of hydrogen-bond acceptors (Lipinski definition) is 1. The molecule has 42 valence electrons. The van der Waals surface area contributed by atoms with Crippen LogP contribution in [-0.2, 0) is 0 Å². The van der Waals surface area contributed by atoms with Crippen LogP contribution in [0.4, 0.5) is 0 Å². The maximum Gasteiger partial charge on any atom is 0.0599 e. The Morgan fingerprint density at radius 2 is 2.57 bits per heavy atom. The molecular weight excluding hydrogens is 126 g/mol. The Hall–Kier alpha value is 0.0469. The SMILES string of the molecule is CCNC([SiH3])=CCl. The predicted octanol–water partition coefficient (Wildman–Crippen LogP) is -0.001000. The number of nitrogens with one attached hydrogen (secondary N) is 1. The van der Waals surface area contributed by atoms with Crippen LogP contribution in [0.5, 0.6) is 0 Å².